The minimum atomic E-state index is 0.532. The van der Waals surface area contributed by atoms with Crippen LogP contribution in [0.1, 0.15) is 18.1 Å². The first kappa shape index (κ1) is 11.8. The number of fused-ring (bicyclic) bond motifs is 1. The van der Waals surface area contributed by atoms with Crippen LogP contribution in [0, 0.1) is 6.92 Å². The number of aromatic nitrogens is 2. The summed E-state index contributed by atoms with van der Waals surface area (Å²) in [5.41, 5.74) is 11.6. The van der Waals surface area contributed by atoms with E-state index in [9.17, 15) is 0 Å². The summed E-state index contributed by atoms with van der Waals surface area (Å²) in [6.45, 7) is 4.21. The van der Waals surface area contributed by atoms with Gasteiger partial charge in [-0.05, 0) is 48.7 Å². The molecule has 0 unspecified atom stereocenters. The predicted molar refractivity (Wildman–Crippen MR) is 79.6 cm³/mol. The first-order valence-electron chi connectivity index (χ1n) is 6.53. The number of hydrogen-bond donors (Lipinski definition) is 1. The Hall–Kier alpha value is -2.29. The van der Waals surface area contributed by atoms with Crippen LogP contribution in [0.4, 0.5) is 5.95 Å². The molecule has 3 rings (SSSR count). The van der Waals surface area contributed by atoms with E-state index in [1.165, 1.54) is 11.1 Å². The lowest BCUT2D eigenvalue weighted by atomic mass is 10.1. The van der Waals surface area contributed by atoms with Crippen LogP contribution in [0.25, 0.3) is 16.7 Å². The second-order valence-corrected chi connectivity index (χ2v) is 4.82. The van der Waals surface area contributed by atoms with Gasteiger partial charge < -0.3 is 5.73 Å². The Morgan fingerprint density at radius 3 is 2.53 bits per heavy atom. The summed E-state index contributed by atoms with van der Waals surface area (Å²) in [5.74, 6) is 0.532. The van der Waals surface area contributed by atoms with Gasteiger partial charge in [0.15, 0.2) is 0 Å². The molecule has 0 aliphatic rings. The first-order chi connectivity index (χ1) is 9.19. The van der Waals surface area contributed by atoms with Gasteiger partial charge in [-0.1, -0.05) is 25.1 Å². The van der Waals surface area contributed by atoms with Crippen LogP contribution in [0.3, 0.4) is 0 Å². The molecule has 3 nitrogen and oxygen atoms in total. The van der Waals surface area contributed by atoms with Crippen LogP contribution >= 0.6 is 0 Å². The third-order valence-corrected chi connectivity index (χ3v) is 3.44. The maximum absolute atomic E-state index is 6.06. The number of aryl methyl sites for hydroxylation is 2. The number of rotatable bonds is 2. The molecule has 0 spiro atoms. The lowest BCUT2D eigenvalue weighted by Gasteiger charge is -2.07. The molecule has 0 atom stereocenters. The van der Waals surface area contributed by atoms with Gasteiger partial charge in [0.2, 0.25) is 5.95 Å². The molecule has 2 aromatic carbocycles. The van der Waals surface area contributed by atoms with E-state index >= 15 is 0 Å². The van der Waals surface area contributed by atoms with E-state index < -0.39 is 0 Å². The van der Waals surface area contributed by atoms with E-state index in [1.807, 2.05) is 4.57 Å². The average molecular weight is 251 g/mol. The van der Waals surface area contributed by atoms with Crippen molar-refractivity contribution in [1.29, 1.82) is 0 Å². The molecular formula is C16H17N3. The van der Waals surface area contributed by atoms with Crippen molar-refractivity contribution in [3.63, 3.8) is 0 Å². The Morgan fingerprint density at radius 1 is 1.11 bits per heavy atom. The molecule has 1 heterocycles. The van der Waals surface area contributed by atoms with Crippen LogP contribution in [-0.4, -0.2) is 9.55 Å². The number of imidazole rings is 1. The van der Waals surface area contributed by atoms with Crippen molar-refractivity contribution in [3.8, 4) is 5.69 Å². The SMILES string of the molecule is CCc1ccc(-n2c(N)nc3cc(C)ccc32)cc1. The summed E-state index contributed by atoms with van der Waals surface area (Å²) in [7, 11) is 0. The number of hydrogen-bond acceptors (Lipinski definition) is 2. The molecule has 3 heteroatoms. The summed E-state index contributed by atoms with van der Waals surface area (Å²) in [6, 6.07) is 14.7. The van der Waals surface area contributed by atoms with Gasteiger partial charge >= 0.3 is 0 Å². The summed E-state index contributed by atoms with van der Waals surface area (Å²) in [5, 5.41) is 0. The number of nitrogens with two attached hydrogens (primary N) is 1. The molecule has 2 N–H and O–H groups in total. The van der Waals surface area contributed by atoms with Gasteiger partial charge in [0, 0.05) is 5.69 Å². The monoisotopic (exact) mass is 251 g/mol. The minimum Gasteiger partial charge on any atom is -0.369 e. The summed E-state index contributed by atoms with van der Waals surface area (Å²) >= 11 is 0. The number of benzene rings is 2. The standard InChI is InChI=1S/C16H17N3/c1-3-12-5-7-13(8-6-12)19-15-9-4-11(2)10-14(15)18-16(19)17/h4-10H,3H2,1-2H3,(H2,17,18). The van der Waals surface area contributed by atoms with Crippen molar-refractivity contribution in [1.82, 2.24) is 9.55 Å². The zero-order valence-corrected chi connectivity index (χ0v) is 11.2. The molecule has 96 valence electrons. The summed E-state index contributed by atoms with van der Waals surface area (Å²) in [6.07, 6.45) is 1.04. The Kier molecular flexibility index (Phi) is 2.75. The Morgan fingerprint density at radius 2 is 1.84 bits per heavy atom. The Bertz CT molecular complexity index is 724. The molecule has 0 aliphatic carbocycles. The van der Waals surface area contributed by atoms with Crippen LogP contribution in [0.5, 0.6) is 0 Å². The highest BCUT2D eigenvalue weighted by molar-refractivity contribution is 5.81. The highest BCUT2D eigenvalue weighted by Crippen LogP contribution is 2.24. The summed E-state index contributed by atoms with van der Waals surface area (Å²) < 4.78 is 1.99. The van der Waals surface area contributed by atoms with Gasteiger partial charge in [-0.25, -0.2) is 4.98 Å². The van der Waals surface area contributed by atoms with E-state index in [2.05, 4.69) is 61.3 Å². The van der Waals surface area contributed by atoms with E-state index in [-0.39, 0.29) is 0 Å². The fourth-order valence-electron chi connectivity index (χ4n) is 2.36. The quantitative estimate of drug-likeness (QED) is 0.757. The zero-order chi connectivity index (χ0) is 13.4. The van der Waals surface area contributed by atoms with Crippen molar-refractivity contribution in [2.24, 2.45) is 0 Å². The van der Waals surface area contributed by atoms with E-state index in [0.717, 1.165) is 23.1 Å². The van der Waals surface area contributed by atoms with Crippen molar-refractivity contribution in [3.05, 3.63) is 53.6 Å². The van der Waals surface area contributed by atoms with E-state index in [4.69, 9.17) is 5.73 Å². The van der Waals surface area contributed by atoms with Gasteiger partial charge in [0.25, 0.3) is 0 Å². The molecule has 0 saturated heterocycles. The molecule has 3 aromatic rings. The molecule has 0 radical (unpaired) electrons. The molecule has 0 aliphatic heterocycles. The Balaban J connectivity index is 2.20. The van der Waals surface area contributed by atoms with Crippen LogP contribution in [0.2, 0.25) is 0 Å². The van der Waals surface area contributed by atoms with Crippen molar-refractivity contribution in [2.75, 3.05) is 5.73 Å². The van der Waals surface area contributed by atoms with Gasteiger partial charge in [-0.15, -0.1) is 0 Å². The van der Waals surface area contributed by atoms with Crippen LogP contribution in [0.15, 0.2) is 42.5 Å². The van der Waals surface area contributed by atoms with Crippen LogP contribution < -0.4 is 5.73 Å². The lowest BCUT2D eigenvalue weighted by molar-refractivity contribution is 1.09. The molecular weight excluding hydrogens is 234 g/mol. The maximum atomic E-state index is 6.06. The fraction of sp³-hybridized carbons (Fsp3) is 0.188. The number of nitrogens with zero attached hydrogens (tertiary/aromatic N) is 2. The third kappa shape index (κ3) is 1.97. The average Bonchev–Trinajstić information content (AvgIpc) is 2.74. The predicted octanol–water partition coefficient (Wildman–Crippen LogP) is 3.48. The fourth-order valence-corrected chi connectivity index (χ4v) is 2.36. The molecule has 0 bridgehead atoms. The lowest BCUT2D eigenvalue weighted by Crippen LogP contribution is -2.00. The maximum Gasteiger partial charge on any atom is 0.205 e. The minimum absolute atomic E-state index is 0.532. The van der Waals surface area contributed by atoms with Gasteiger partial charge in [0.1, 0.15) is 0 Å². The molecule has 1 aromatic heterocycles. The topological polar surface area (TPSA) is 43.8 Å². The first-order valence-corrected chi connectivity index (χ1v) is 6.53. The molecule has 0 amide bonds. The van der Waals surface area contributed by atoms with Crippen molar-refractivity contribution in [2.45, 2.75) is 20.3 Å². The van der Waals surface area contributed by atoms with Gasteiger partial charge in [-0.3, -0.25) is 4.57 Å². The molecule has 0 saturated carbocycles. The number of anilines is 1. The van der Waals surface area contributed by atoms with E-state index in [0.29, 0.717) is 5.95 Å². The van der Waals surface area contributed by atoms with Crippen molar-refractivity contribution < 1.29 is 0 Å². The van der Waals surface area contributed by atoms with Gasteiger partial charge in [-0.2, -0.15) is 0 Å². The highest BCUT2D eigenvalue weighted by Gasteiger charge is 2.09. The van der Waals surface area contributed by atoms with Gasteiger partial charge in [0.05, 0.1) is 11.0 Å². The second kappa shape index (κ2) is 4.43. The highest BCUT2D eigenvalue weighted by atomic mass is 15.2. The summed E-state index contributed by atoms with van der Waals surface area (Å²) in [4.78, 5) is 4.43. The third-order valence-electron chi connectivity index (χ3n) is 3.44. The number of nitrogen functional groups attached to an aromatic ring is 1. The molecule has 19 heavy (non-hydrogen) atoms. The Labute approximate surface area is 112 Å². The largest absolute Gasteiger partial charge is 0.369 e. The second-order valence-electron chi connectivity index (χ2n) is 4.82. The normalized spacial score (nSPS) is 11.1. The van der Waals surface area contributed by atoms with E-state index in [1.54, 1.807) is 0 Å². The van der Waals surface area contributed by atoms with Crippen LogP contribution in [-0.2, 0) is 6.42 Å². The molecule has 0 fully saturated rings. The van der Waals surface area contributed by atoms with Crippen molar-refractivity contribution >= 4 is 17.0 Å². The zero-order valence-electron chi connectivity index (χ0n) is 11.2. The smallest absolute Gasteiger partial charge is 0.205 e.